The third-order valence-corrected chi connectivity index (χ3v) is 7.18. The normalized spacial score (nSPS) is 14.8. The van der Waals surface area contributed by atoms with Gasteiger partial charge in [-0.05, 0) is 48.5 Å². The van der Waals surface area contributed by atoms with E-state index < -0.39 is 0 Å². The van der Waals surface area contributed by atoms with Crippen molar-refractivity contribution in [2.75, 3.05) is 33.2 Å². The smallest absolute Gasteiger partial charge is 0.199 e. The van der Waals surface area contributed by atoms with Crippen LogP contribution in [0.4, 0.5) is 0 Å². The molecule has 3 heterocycles. The molecule has 0 aliphatic carbocycles. The topological polar surface area (TPSA) is 70.4 Å². The molecule has 5 aromatic rings. The number of hydrogen-bond acceptors (Lipinski definition) is 6. The van der Waals surface area contributed by atoms with Gasteiger partial charge in [-0.25, -0.2) is 9.97 Å². The van der Waals surface area contributed by atoms with Crippen LogP contribution in [0.5, 0.6) is 5.75 Å². The predicted octanol–water partition coefficient (Wildman–Crippen LogP) is 5.79. The van der Waals surface area contributed by atoms with E-state index in [0.717, 1.165) is 60.6 Å². The maximum atomic E-state index is 6.30. The largest absolute Gasteiger partial charge is 0.489 e. The highest BCUT2D eigenvalue weighted by molar-refractivity contribution is 6.30. The zero-order chi connectivity index (χ0) is 25.9. The van der Waals surface area contributed by atoms with Gasteiger partial charge in [-0.2, -0.15) is 0 Å². The molecule has 0 atom stereocenters. The van der Waals surface area contributed by atoms with Crippen molar-refractivity contribution in [2.24, 2.45) is 0 Å². The quantitative estimate of drug-likeness (QED) is 0.275. The van der Waals surface area contributed by atoms with Crippen molar-refractivity contribution in [3.63, 3.8) is 0 Å². The van der Waals surface area contributed by atoms with Crippen molar-refractivity contribution in [1.82, 2.24) is 24.8 Å². The molecule has 0 bridgehead atoms. The fraction of sp³-hybridized carbons (Fsp3) is 0.267. The van der Waals surface area contributed by atoms with Gasteiger partial charge in [0, 0.05) is 43.3 Å². The summed E-state index contributed by atoms with van der Waals surface area (Å²) in [5.74, 6) is 2.02. The Morgan fingerprint density at radius 2 is 1.79 bits per heavy atom. The summed E-state index contributed by atoms with van der Waals surface area (Å²) in [5.41, 5.74) is 5.89. The lowest BCUT2D eigenvalue weighted by molar-refractivity contribution is 0.148. The number of benzene rings is 3. The summed E-state index contributed by atoms with van der Waals surface area (Å²) in [5, 5.41) is 0.642. The van der Waals surface area contributed by atoms with Crippen molar-refractivity contribution in [1.29, 1.82) is 0 Å². The van der Waals surface area contributed by atoms with Crippen molar-refractivity contribution in [2.45, 2.75) is 19.6 Å². The summed E-state index contributed by atoms with van der Waals surface area (Å²) < 4.78 is 11.9. The van der Waals surface area contributed by atoms with E-state index in [1.165, 1.54) is 5.56 Å². The van der Waals surface area contributed by atoms with Gasteiger partial charge in [0.05, 0.1) is 17.5 Å². The molecule has 0 amide bonds. The van der Waals surface area contributed by atoms with Crippen LogP contribution >= 0.6 is 11.6 Å². The minimum Gasteiger partial charge on any atom is -0.489 e. The Labute approximate surface area is 227 Å². The predicted molar refractivity (Wildman–Crippen MR) is 149 cm³/mol. The van der Waals surface area contributed by atoms with Crippen LogP contribution in [0.1, 0.15) is 22.6 Å². The Morgan fingerprint density at radius 3 is 2.63 bits per heavy atom. The summed E-state index contributed by atoms with van der Waals surface area (Å²) in [6, 6.07) is 22.1. The van der Waals surface area contributed by atoms with Gasteiger partial charge in [0.1, 0.15) is 24.3 Å². The van der Waals surface area contributed by atoms with Crippen LogP contribution in [-0.2, 0) is 19.6 Å². The van der Waals surface area contributed by atoms with E-state index in [0.29, 0.717) is 35.5 Å². The molecule has 7 nitrogen and oxygen atoms in total. The van der Waals surface area contributed by atoms with Crippen LogP contribution in [-0.4, -0.2) is 58.0 Å². The third kappa shape index (κ3) is 5.75. The summed E-state index contributed by atoms with van der Waals surface area (Å²) >= 11 is 6.30. The molecular formula is C30H30ClN5O2. The molecule has 0 unspecified atom stereocenters. The molecule has 194 valence electrons. The number of ether oxygens (including phenoxy) is 1. The van der Waals surface area contributed by atoms with Crippen LogP contribution < -0.4 is 4.74 Å². The highest BCUT2D eigenvalue weighted by Gasteiger charge is 2.16. The van der Waals surface area contributed by atoms with Crippen LogP contribution in [0.3, 0.4) is 0 Å². The highest BCUT2D eigenvalue weighted by atomic mass is 35.5. The number of H-pyrrole nitrogens is 1. The first-order chi connectivity index (χ1) is 18.6. The summed E-state index contributed by atoms with van der Waals surface area (Å²) in [6.07, 6.45) is 2.10. The number of piperazine rings is 1. The molecular weight excluding hydrogens is 498 g/mol. The molecule has 8 heteroatoms. The number of nitrogens with zero attached hydrogens (tertiary/aromatic N) is 4. The summed E-state index contributed by atoms with van der Waals surface area (Å²) in [7, 11) is 2.18. The van der Waals surface area contributed by atoms with E-state index in [9.17, 15) is 0 Å². The van der Waals surface area contributed by atoms with Gasteiger partial charge in [0.25, 0.3) is 0 Å². The maximum absolute atomic E-state index is 6.30. The van der Waals surface area contributed by atoms with Crippen molar-refractivity contribution < 1.29 is 9.15 Å². The van der Waals surface area contributed by atoms with Gasteiger partial charge in [-0.3, -0.25) is 4.90 Å². The average Bonchev–Trinajstić information content (AvgIpc) is 3.57. The first kappa shape index (κ1) is 24.7. The second-order valence-corrected chi connectivity index (χ2v) is 10.3. The number of halogens is 1. The molecule has 0 saturated carbocycles. The number of nitrogens with one attached hydrogen (secondary N) is 1. The van der Waals surface area contributed by atoms with E-state index >= 15 is 0 Å². The lowest BCUT2D eigenvalue weighted by Gasteiger charge is -2.32. The molecule has 0 radical (unpaired) electrons. The van der Waals surface area contributed by atoms with E-state index in [4.69, 9.17) is 30.7 Å². The number of hydrogen-bond donors (Lipinski definition) is 1. The minimum atomic E-state index is 0.458. The molecule has 0 spiro atoms. The van der Waals surface area contributed by atoms with Crippen LogP contribution in [0, 0.1) is 0 Å². The highest BCUT2D eigenvalue weighted by Crippen LogP contribution is 2.28. The van der Waals surface area contributed by atoms with Crippen molar-refractivity contribution in [3.05, 3.63) is 101 Å². The number of imidazole rings is 1. The molecule has 1 aliphatic heterocycles. The Hall–Kier alpha value is -3.65. The van der Waals surface area contributed by atoms with E-state index in [1.54, 1.807) is 6.26 Å². The molecule has 1 aliphatic rings. The number of likely N-dealkylation sites (N-methyl/N-ethyl adjacent to an activating group) is 1. The van der Waals surface area contributed by atoms with Gasteiger partial charge < -0.3 is 19.0 Å². The molecule has 1 N–H and O–H groups in total. The van der Waals surface area contributed by atoms with Crippen molar-refractivity contribution in [3.8, 4) is 17.3 Å². The number of aromatic amines is 1. The fourth-order valence-electron chi connectivity index (χ4n) is 4.77. The summed E-state index contributed by atoms with van der Waals surface area (Å²) in [4.78, 5) is 17.8. The van der Waals surface area contributed by atoms with Crippen LogP contribution in [0.15, 0.2) is 77.4 Å². The Balaban J connectivity index is 1.16. The van der Waals surface area contributed by atoms with Gasteiger partial charge in [0.2, 0.25) is 0 Å². The zero-order valence-electron chi connectivity index (χ0n) is 21.4. The number of fused-ring (bicyclic) bond motifs is 1. The second kappa shape index (κ2) is 11.0. The number of rotatable bonds is 8. The zero-order valence-corrected chi connectivity index (χ0v) is 22.1. The second-order valence-electron chi connectivity index (χ2n) is 9.85. The SMILES string of the molecule is CN1CCN(Cc2ccc3nc(-c4coc(Cc5cc(Cl)ccc5OCc5ccccc5)n4)[nH]c3c2)CC1. The number of aromatic nitrogens is 3. The molecule has 1 fully saturated rings. The van der Waals surface area contributed by atoms with E-state index in [2.05, 4.69) is 40.0 Å². The maximum Gasteiger partial charge on any atom is 0.199 e. The Kier molecular flexibility index (Phi) is 7.14. The molecule has 2 aromatic heterocycles. The molecule has 38 heavy (non-hydrogen) atoms. The van der Waals surface area contributed by atoms with Gasteiger partial charge in [0.15, 0.2) is 11.7 Å². The van der Waals surface area contributed by atoms with Crippen LogP contribution in [0.25, 0.3) is 22.6 Å². The molecule has 1 saturated heterocycles. The summed E-state index contributed by atoms with van der Waals surface area (Å²) in [6.45, 7) is 5.83. The standard InChI is InChI=1S/C30H30ClN5O2/c1-35-11-13-36(14-12-35)18-22-7-9-25-26(15-22)34-30(33-25)27-20-38-29(32-27)17-23-16-24(31)8-10-28(23)37-19-21-5-3-2-4-6-21/h2-10,15-16,20H,11-14,17-19H2,1H3,(H,33,34). The fourth-order valence-corrected chi connectivity index (χ4v) is 4.96. The lowest BCUT2D eigenvalue weighted by Crippen LogP contribution is -2.43. The Morgan fingerprint density at radius 1 is 0.947 bits per heavy atom. The monoisotopic (exact) mass is 527 g/mol. The van der Waals surface area contributed by atoms with E-state index in [1.807, 2.05) is 48.5 Å². The average molecular weight is 528 g/mol. The van der Waals surface area contributed by atoms with Gasteiger partial charge in [-0.15, -0.1) is 0 Å². The first-order valence-corrected chi connectivity index (χ1v) is 13.3. The number of oxazole rings is 1. The first-order valence-electron chi connectivity index (χ1n) is 12.9. The van der Waals surface area contributed by atoms with Crippen molar-refractivity contribution >= 4 is 22.6 Å². The minimum absolute atomic E-state index is 0.458. The van der Waals surface area contributed by atoms with E-state index in [-0.39, 0.29) is 0 Å². The molecule has 3 aromatic carbocycles. The molecule has 6 rings (SSSR count). The lowest BCUT2D eigenvalue weighted by atomic mass is 10.1. The van der Waals surface area contributed by atoms with Gasteiger partial charge in [-0.1, -0.05) is 48.0 Å². The third-order valence-electron chi connectivity index (χ3n) is 6.94. The Bertz CT molecular complexity index is 1520. The van der Waals surface area contributed by atoms with Gasteiger partial charge >= 0.3 is 0 Å². The van der Waals surface area contributed by atoms with Crippen LogP contribution in [0.2, 0.25) is 5.02 Å².